The van der Waals surface area contributed by atoms with Crippen molar-refractivity contribution in [2.45, 2.75) is 187 Å². The smallest absolute Gasteiger partial charge is 0.289 e. The third-order valence-electron chi connectivity index (χ3n) is 14.8. The average Bonchev–Trinajstić information content (AvgIpc) is 3.90. The first-order valence-corrected chi connectivity index (χ1v) is 22.7. The molecule has 0 bridgehead atoms. The molecule has 13 nitrogen and oxygen atoms in total. The SMILES string of the molecule is CCC[C@H](NC(=O)[C@@H]1C[C@](C)(C(C)(C)C2CCC2)CN1C(=O)[C@@H](NC(=O)[C@@H](NC(=O)[C@@H]1CCCCN1CCOC)C1CCCCC1)C(C)(C)C)C(=O)C(=O)NC1CC1. The van der Waals surface area contributed by atoms with Crippen LogP contribution in [0.25, 0.3) is 0 Å². The molecule has 13 heteroatoms. The molecule has 6 atom stereocenters. The van der Waals surface area contributed by atoms with Crippen molar-refractivity contribution in [3.05, 3.63) is 0 Å². The zero-order valence-electron chi connectivity index (χ0n) is 37.0. The van der Waals surface area contributed by atoms with Gasteiger partial charge in [0.05, 0.1) is 18.7 Å². The van der Waals surface area contributed by atoms with E-state index in [0.717, 1.165) is 83.6 Å². The Labute approximate surface area is 348 Å². The van der Waals surface area contributed by atoms with Crippen LogP contribution in [0.15, 0.2) is 0 Å². The highest BCUT2D eigenvalue weighted by atomic mass is 16.5. The number of Topliss-reactive ketones (excluding diaryl/α,β-unsaturated/α-hetero) is 1. The van der Waals surface area contributed by atoms with Crippen molar-refractivity contribution in [1.29, 1.82) is 0 Å². The number of rotatable bonds is 18. The summed E-state index contributed by atoms with van der Waals surface area (Å²) >= 11 is 0. The Balaban J connectivity index is 1.41. The van der Waals surface area contributed by atoms with Crippen LogP contribution in [0, 0.1) is 28.1 Å². The lowest BCUT2D eigenvalue weighted by Gasteiger charge is -2.50. The molecule has 2 aliphatic heterocycles. The Kier molecular flexibility index (Phi) is 15.5. The summed E-state index contributed by atoms with van der Waals surface area (Å²) in [6.45, 7) is 16.6. The Hall–Kier alpha value is -3.06. The Morgan fingerprint density at radius 2 is 1.45 bits per heavy atom. The van der Waals surface area contributed by atoms with E-state index in [1.807, 2.05) is 27.7 Å². The molecular formula is C45H76N6O7. The van der Waals surface area contributed by atoms with Crippen LogP contribution < -0.4 is 21.3 Å². The van der Waals surface area contributed by atoms with Gasteiger partial charge in [-0.1, -0.05) is 87.0 Å². The van der Waals surface area contributed by atoms with Crippen LogP contribution >= 0.6 is 0 Å². The summed E-state index contributed by atoms with van der Waals surface area (Å²) in [6, 6.07) is -4.07. The lowest BCUT2D eigenvalue weighted by molar-refractivity contribution is -0.146. The monoisotopic (exact) mass is 813 g/mol. The van der Waals surface area contributed by atoms with Gasteiger partial charge in [0.15, 0.2) is 0 Å². The predicted octanol–water partition coefficient (Wildman–Crippen LogP) is 4.65. The maximum Gasteiger partial charge on any atom is 0.289 e. The summed E-state index contributed by atoms with van der Waals surface area (Å²) in [5.74, 6) is -2.31. The van der Waals surface area contributed by atoms with Gasteiger partial charge >= 0.3 is 0 Å². The van der Waals surface area contributed by atoms with E-state index in [1.165, 1.54) is 0 Å². The fourth-order valence-corrected chi connectivity index (χ4v) is 10.0. The lowest BCUT2D eigenvalue weighted by atomic mass is 9.54. The number of nitrogens with one attached hydrogen (secondary N) is 4. The second kappa shape index (κ2) is 19.5. The molecule has 3 aliphatic carbocycles. The minimum absolute atomic E-state index is 0.00485. The minimum atomic E-state index is -1.01. The van der Waals surface area contributed by atoms with E-state index in [0.29, 0.717) is 51.3 Å². The molecule has 5 rings (SSSR count). The summed E-state index contributed by atoms with van der Waals surface area (Å²) in [7, 11) is 1.66. The van der Waals surface area contributed by atoms with Gasteiger partial charge < -0.3 is 30.9 Å². The van der Waals surface area contributed by atoms with Crippen molar-refractivity contribution in [2.75, 3.05) is 33.4 Å². The van der Waals surface area contributed by atoms with E-state index in [9.17, 15) is 24.0 Å². The standard InChI is InChI=1S/C45H76N6O7/c1-9-16-32(36(52)41(56)46-31-22-23-31)47-39(54)34-27-45(7,44(5,6)30-19-15-20-30)28-51(34)42(57)37(43(2,3)4)49-40(55)35(29-17-11-10-12-18-29)48-38(53)33-21-13-14-24-50(33)25-26-58-8/h29-35,37H,9-28H2,1-8H3,(H,46,56)(H,47,54)(H,48,53)(H,49,55)/t32-,33-,34-,35-,37+,45-/m0/s1. The number of carbonyl (C=O) groups excluding carboxylic acids is 6. The summed E-state index contributed by atoms with van der Waals surface area (Å²) in [4.78, 5) is 88.5. The molecule has 0 aromatic carbocycles. The fourth-order valence-electron chi connectivity index (χ4n) is 10.0. The number of ketones is 1. The molecule has 328 valence electrons. The first kappa shape index (κ1) is 46.0. The van der Waals surface area contributed by atoms with Gasteiger partial charge in [-0.25, -0.2) is 0 Å². The molecular weight excluding hydrogens is 737 g/mol. The molecule has 58 heavy (non-hydrogen) atoms. The Morgan fingerprint density at radius 1 is 0.793 bits per heavy atom. The summed E-state index contributed by atoms with van der Waals surface area (Å²) in [6.07, 6.45) is 13.6. The number of piperidine rings is 1. The van der Waals surface area contributed by atoms with Crippen LogP contribution in [0.4, 0.5) is 0 Å². The van der Waals surface area contributed by atoms with Crippen molar-refractivity contribution < 1.29 is 33.5 Å². The quantitative estimate of drug-likeness (QED) is 0.145. The predicted molar refractivity (Wildman–Crippen MR) is 223 cm³/mol. The van der Waals surface area contributed by atoms with E-state index < -0.39 is 52.6 Å². The maximum atomic E-state index is 15.2. The number of ether oxygens (including phenoxy) is 1. The molecule has 0 spiro atoms. The van der Waals surface area contributed by atoms with Crippen LogP contribution in [-0.2, 0) is 33.5 Å². The first-order valence-electron chi connectivity index (χ1n) is 22.7. The van der Waals surface area contributed by atoms with Gasteiger partial charge in [-0.2, -0.15) is 0 Å². The van der Waals surface area contributed by atoms with Crippen molar-refractivity contribution in [2.24, 2.45) is 28.1 Å². The Bertz CT molecular complexity index is 1480. The number of hydrogen-bond acceptors (Lipinski definition) is 8. The maximum absolute atomic E-state index is 15.2. The fraction of sp³-hybridized carbons (Fsp3) is 0.867. The van der Waals surface area contributed by atoms with Crippen LogP contribution in [0.2, 0.25) is 0 Å². The van der Waals surface area contributed by atoms with E-state index >= 15 is 4.79 Å². The van der Waals surface area contributed by atoms with Crippen molar-refractivity contribution >= 4 is 35.3 Å². The summed E-state index contributed by atoms with van der Waals surface area (Å²) < 4.78 is 5.34. The molecule has 4 N–H and O–H groups in total. The highest BCUT2D eigenvalue weighted by molar-refractivity contribution is 6.38. The highest BCUT2D eigenvalue weighted by Gasteiger charge is 2.57. The van der Waals surface area contributed by atoms with E-state index in [1.54, 1.807) is 12.0 Å². The summed E-state index contributed by atoms with van der Waals surface area (Å²) in [5, 5.41) is 12.0. The van der Waals surface area contributed by atoms with Crippen LogP contribution in [0.1, 0.15) is 151 Å². The topological polar surface area (TPSA) is 166 Å². The molecule has 5 aliphatic rings. The number of hydrogen-bond donors (Lipinski definition) is 4. The zero-order chi connectivity index (χ0) is 42.4. The minimum Gasteiger partial charge on any atom is -0.383 e. The van der Waals surface area contributed by atoms with Crippen molar-refractivity contribution in [1.82, 2.24) is 31.1 Å². The van der Waals surface area contributed by atoms with Crippen molar-refractivity contribution in [3.8, 4) is 0 Å². The first-order chi connectivity index (χ1) is 27.4. The van der Waals surface area contributed by atoms with Gasteiger partial charge in [0, 0.05) is 26.2 Å². The molecule has 5 amide bonds. The Morgan fingerprint density at radius 3 is 2.03 bits per heavy atom. The molecule has 0 radical (unpaired) electrons. The average molecular weight is 813 g/mol. The molecule has 5 fully saturated rings. The van der Waals surface area contributed by atoms with Gasteiger partial charge in [0.2, 0.25) is 29.4 Å². The molecule has 0 aromatic rings. The second-order valence-electron chi connectivity index (χ2n) is 20.3. The number of nitrogens with zero attached hydrogens (tertiary/aromatic N) is 2. The molecule has 0 unspecified atom stereocenters. The normalized spacial score (nSPS) is 26.5. The van der Waals surface area contributed by atoms with Crippen LogP contribution in [-0.4, -0.2) is 115 Å². The number of likely N-dealkylation sites (tertiary alicyclic amines) is 2. The zero-order valence-corrected chi connectivity index (χ0v) is 37.0. The molecule has 2 saturated heterocycles. The third-order valence-corrected chi connectivity index (χ3v) is 14.8. The number of methoxy groups -OCH3 is 1. The lowest BCUT2D eigenvalue weighted by Crippen LogP contribution is -2.63. The third kappa shape index (κ3) is 10.8. The second-order valence-corrected chi connectivity index (χ2v) is 20.3. The van der Waals surface area contributed by atoms with E-state index in [4.69, 9.17) is 4.74 Å². The molecule has 2 heterocycles. The molecule has 3 saturated carbocycles. The number of carbonyl (C=O) groups is 6. The van der Waals surface area contributed by atoms with Crippen LogP contribution in [0.3, 0.4) is 0 Å². The van der Waals surface area contributed by atoms with Gasteiger partial charge in [-0.05, 0) is 98.8 Å². The van der Waals surface area contributed by atoms with Gasteiger partial charge in [-0.3, -0.25) is 33.7 Å². The van der Waals surface area contributed by atoms with Crippen LogP contribution in [0.5, 0.6) is 0 Å². The summed E-state index contributed by atoms with van der Waals surface area (Å²) in [5.41, 5.74) is -1.39. The number of amides is 5. The van der Waals surface area contributed by atoms with E-state index in [-0.39, 0.29) is 41.1 Å². The van der Waals surface area contributed by atoms with E-state index in [2.05, 4.69) is 46.9 Å². The van der Waals surface area contributed by atoms with Gasteiger partial charge in [-0.15, -0.1) is 0 Å². The largest absolute Gasteiger partial charge is 0.383 e. The highest BCUT2D eigenvalue weighted by Crippen LogP contribution is 2.57. The van der Waals surface area contributed by atoms with Gasteiger partial charge in [0.25, 0.3) is 5.91 Å². The van der Waals surface area contributed by atoms with Crippen molar-refractivity contribution in [3.63, 3.8) is 0 Å². The molecule has 0 aromatic heterocycles. The van der Waals surface area contributed by atoms with Gasteiger partial charge in [0.1, 0.15) is 18.1 Å².